The van der Waals surface area contributed by atoms with E-state index in [9.17, 15) is 0 Å². The van der Waals surface area contributed by atoms with Crippen LogP contribution in [0, 0.1) is 5.92 Å². The Morgan fingerprint density at radius 2 is 2.07 bits per heavy atom. The van der Waals surface area contributed by atoms with Crippen molar-refractivity contribution in [2.45, 2.75) is 57.4 Å². The summed E-state index contributed by atoms with van der Waals surface area (Å²) >= 11 is 0. The van der Waals surface area contributed by atoms with Gasteiger partial charge in [0, 0.05) is 6.04 Å². The van der Waals surface area contributed by atoms with E-state index in [2.05, 4.69) is 18.9 Å². The highest BCUT2D eigenvalue weighted by molar-refractivity contribution is 4.75. The summed E-state index contributed by atoms with van der Waals surface area (Å²) in [5, 5.41) is 3.41. The number of nitrogens with one attached hydrogen (secondary N) is 1. The Bertz CT molecular complexity index is 147. The molecule has 1 heteroatoms. The van der Waals surface area contributed by atoms with Crippen molar-refractivity contribution in [3.63, 3.8) is 0 Å². The molecule has 0 spiro atoms. The van der Waals surface area contributed by atoms with Crippen LogP contribution < -0.4 is 5.32 Å². The highest BCUT2D eigenvalue weighted by Gasteiger charge is 2.16. The molecule has 14 heavy (non-hydrogen) atoms. The van der Waals surface area contributed by atoms with Crippen molar-refractivity contribution in [3.05, 3.63) is 12.7 Å². The molecular formula is C13H25N. The second kappa shape index (κ2) is 7.05. The van der Waals surface area contributed by atoms with Gasteiger partial charge in [0.25, 0.3) is 0 Å². The maximum absolute atomic E-state index is 3.78. The van der Waals surface area contributed by atoms with Crippen LogP contribution in [0.5, 0.6) is 0 Å². The van der Waals surface area contributed by atoms with Crippen molar-refractivity contribution < 1.29 is 0 Å². The third kappa shape index (κ3) is 4.28. The minimum Gasteiger partial charge on any atom is -0.317 e. The maximum atomic E-state index is 3.78. The van der Waals surface area contributed by atoms with Crippen LogP contribution in [-0.2, 0) is 0 Å². The largest absolute Gasteiger partial charge is 0.317 e. The minimum atomic E-state index is 0.716. The summed E-state index contributed by atoms with van der Waals surface area (Å²) in [5.41, 5.74) is 0. The molecule has 1 atom stereocenters. The normalized spacial score (nSPS) is 19.8. The van der Waals surface area contributed by atoms with E-state index in [0.29, 0.717) is 6.04 Å². The second-order valence-corrected chi connectivity index (χ2v) is 4.58. The van der Waals surface area contributed by atoms with E-state index < -0.39 is 0 Å². The smallest absolute Gasteiger partial charge is 0.00671 e. The molecule has 0 aromatic rings. The van der Waals surface area contributed by atoms with Gasteiger partial charge in [0.1, 0.15) is 0 Å². The van der Waals surface area contributed by atoms with Crippen molar-refractivity contribution in [2.75, 3.05) is 7.05 Å². The first kappa shape index (κ1) is 11.8. The summed E-state index contributed by atoms with van der Waals surface area (Å²) in [7, 11) is 2.09. The van der Waals surface area contributed by atoms with E-state index in [-0.39, 0.29) is 0 Å². The Morgan fingerprint density at radius 3 is 2.64 bits per heavy atom. The lowest BCUT2D eigenvalue weighted by molar-refractivity contribution is 0.407. The van der Waals surface area contributed by atoms with Gasteiger partial charge in [-0.15, -0.1) is 6.58 Å². The molecule has 1 rings (SSSR count). The van der Waals surface area contributed by atoms with E-state index >= 15 is 0 Å². The molecule has 0 saturated heterocycles. The molecule has 0 heterocycles. The number of rotatable bonds is 7. The predicted molar refractivity (Wildman–Crippen MR) is 63.5 cm³/mol. The van der Waals surface area contributed by atoms with Crippen LogP contribution >= 0.6 is 0 Å². The highest BCUT2D eigenvalue weighted by Crippen LogP contribution is 2.29. The van der Waals surface area contributed by atoms with Crippen LogP contribution in [0.2, 0.25) is 0 Å². The molecule has 0 radical (unpaired) electrons. The Balaban J connectivity index is 2.09. The van der Waals surface area contributed by atoms with Crippen molar-refractivity contribution in [3.8, 4) is 0 Å². The Kier molecular flexibility index (Phi) is 5.93. The zero-order valence-corrected chi connectivity index (χ0v) is 9.60. The fourth-order valence-electron chi connectivity index (χ4n) is 2.49. The molecule has 1 aliphatic rings. The van der Waals surface area contributed by atoms with Crippen molar-refractivity contribution in [1.29, 1.82) is 0 Å². The molecule has 1 unspecified atom stereocenters. The van der Waals surface area contributed by atoms with Gasteiger partial charge in [0.15, 0.2) is 0 Å². The quantitative estimate of drug-likeness (QED) is 0.613. The van der Waals surface area contributed by atoms with Gasteiger partial charge >= 0.3 is 0 Å². The van der Waals surface area contributed by atoms with Gasteiger partial charge < -0.3 is 5.32 Å². The van der Waals surface area contributed by atoms with Gasteiger partial charge in [-0.2, -0.15) is 0 Å². The third-order valence-corrected chi connectivity index (χ3v) is 3.53. The Hall–Kier alpha value is -0.300. The minimum absolute atomic E-state index is 0.716. The molecule has 1 N–H and O–H groups in total. The van der Waals surface area contributed by atoms with Crippen LogP contribution in [0.3, 0.4) is 0 Å². The summed E-state index contributed by atoms with van der Waals surface area (Å²) in [4.78, 5) is 0. The fourth-order valence-corrected chi connectivity index (χ4v) is 2.49. The second-order valence-electron chi connectivity index (χ2n) is 4.58. The molecule has 0 aromatic carbocycles. The Morgan fingerprint density at radius 1 is 1.36 bits per heavy atom. The first-order valence-electron chi connectivity index (χ1n) is 6.15. The first-order chi connectivity index (χ1) is 6.86. The lowest BCUT2D eigenvalue weighted by Gasteiger charge is -2.17. The van der Waals surface area contributed by atoms with Gasteiger partial charge in [-0.1, -0.05) is 31.8 Å². The zero-order chi connectivity index (χ0) is 10.2. The predicted octanol–water partition coefficient (Wildman–Crippen LogP) is 3.51. The summed E-state index contributed by atoms with van der Waals surface area (Å²) in [6.45, 7) is 3.78. The maximum Gasteiger partial charge on any atom is 0.00671 e. The first-order valence-corrected chi connectivity index (χ1v) is 6.15. The lowest BCUT2D eigenvalue weighted by Crippen LogP contribution is -2.25. The third-order valence-electron chi connectivity index (χ3n) is 3.53. The van der Waals surface area contributed by atoms with Gasteiger partial charge in [0.05, 0.1) is 0 Å². The van der Waals surface area contributed by atoms with Crippen molar-refractivity contribution in [1.82, 2.24) is 5.32 Å². The highest BCUT2D eigenvalue weighted by atomic mass is 14.9. The van der Waals surface area contributed by atoms with E-state index in [0.717, 1.165) is 12.3 Å². The van der Waals surface area contributed by atoms with Gasteiger partial charge in [-0.05, 0) is 38.6 Å². The van der Waals surface area contributed by atoms with E-state index in [4.69, 9.17) is 0 Å². The van der Waals surface area contributed by atoms with Crippen molar-refractivity contribution >= 4 is 0 Å². The molecule has 82 valence electrons. The van der Waals surface area contributed by atoms with E-state index in [1.165, 1.54) is 44.9 Å². The molecule has 1 fully saturated rings. The van der Waals surface area contributed by atoms with Gasteiger partial charge in [-0.25, -0.2) is 0 Å². The Labute approximate surface area is 89.0 Å². The van der Waals surface area contributed by atoms with Gasteiger partial charge in [-0.3, -0.25) is 0 Å². The monoisotopic (exact) mass is 195 g/mol. The lowest BCUT2D eigenvalue weighted by atomic mass is 9.96. The van der Waals surface area contributed by atoms with Crippen LogP contribution in [0.4, 0.5) is 0 Å². The summed E-state index contributed by atoms with van der Waals surface area (Å²) < 4.78 is 0. The average Bonchev–Trinajstić information content (AvgIpc) is 2.71. The van der Waals surface area contributed by atoms with E-state index in [1.54, 1.807) is 0 Å². The van der Waals surface area contributed by atoms with Crippen LogP contribution in [0.1, 0.15) is 51.4 Å². The summed E-state index contributed by atoms with van der Waals surface area (Å²) in [6, 6.07) is 0.716. The molecule has 0 aliphatic heterocycles. The summed E-state index contributed by atoms with van der Waals surface area (Å²) in [5.74, 6) is 1.04. The number of allylic oxidation sites excluding steroid dienone is 1. The van der Waals surface area contributed by atoms with Crippen LogP contribution in [-0.4, -0.2) is 13.1 Å². The standard InChI is InChI=1S/C13H25N/c1-3-4-9-13(14-2)11-10-12-7-5-6-8-12/h3,12-14H,1,4-11H2,2H3. The fraction of sp³-hybridized carbons (Fsp3) is 0.846. The molecule has 1 nitrogen and oxygen atoms in total. The summed E-state index contributed by atoms with van der Waals surface area (Å²) in [6.07, 6.45) is 13.1. The topological polar surface area (TPSA) is 12.0 Å². The van der Waals surface area contributed by atoms with Crippen LogP contribution in [0.25, 0.3) is 0 Å². The van der Waals surface area contributed by atoms with Gasteiger partial charge in [0.2, 0.25) is 0 Å². The van der Waals surface area contributed by atoms with Crippen LogP contribution in [0.15, 0.2) is 12.7 Å². The molecule has 0 aromatic heterocycles. The molecule has 1 saturated carbocycles. The SMILES string of the molecule is C=CCCC(CCC1CCCC1)NC. The number of hydrogen-bond donors (Lipinski definition) is 1. The zero-order valence-electron chi connectivity index (χ0n) is 9.60. The van der Waals surface area contributed by atoms with Crippen molar-refractivity contribution in [2.24, 2.45) is 5.92 Å². The van der Waals surface area contributed by atoms with E-state index in [1.807, 2.05) is 6.08 Å². The molecule has 0 bridgehead atoms. The molecule has 1 aliphatic carbocycles. The molecule has 0 amide bonds. The number of hydrogen-bond acceptors (Lipinski definition) is 1. The average molecular weight is 195 g/mol. The molecular weight excluding hydrogens is 170 g/mol.